The van der Waals surface area contributed by atoms with Gasteiger partial charge >= 0.3 is 12.2 Å². The monoisotopic (exact) mass is 868 g/mol. The second kappa shape index (κ2) is 17.7. The van der Waals surface area contributed by atoms with Crippen LogP contribution in [0.3, 0.4) is 0 Å². The minimum absolute atomic E-state index is 0.0592. The summed E-state index contributed by atoms with van der Waals surface area (Å²) in [6, 6.07) is 21.4. The van der Waals surface area contributed by atoms with E-state index in [0.717, 1.165) is 68.3 Å². The van der Waals surface area contributed by atoms with Crippen LogP contribution in [0.4, 0.5) is 9.59 Å². The molecule has 5 atom stereocenters. The number of benzene rings is 4. The molecule has 16 nitrogen and oxygen atoms in total. The molecule has 5 heterocycles. The zero-order valence-electron chi connectivity index (χ0n) is 36.5. The summed E-state index contributed by atoms with van der Waals surface area (Å²) in [5.41, 5.74) is 7.10. The van der Waals surface area contributed by atoms with Crippen molar-refractivity contribution in [3.05, 3.63) is 102 Å². The predicted octanol–water partition coefficient (Wildman–Crippen LogP) is 7.34. The number of aromatic amines is 2. The van der Waals surface area contributed by atoms with Crippen LogP contribution in [0.25, 0.3) is 44.2 Å². The second-order valence-corrected chi connectivity index (χ2v) is 17.1. The maximum absolute atomic E-state index is 14.4. The number of ether oxygens (including phenoxy) is 4. The second-order valence-electron chi connectivity index (χ2n) is 17.1. The van der Waals surface area contributed by atoms with Gasteiger partial charge in [-0.2, -0.15) is 0 Å². The number of carbonyl (C=O) groups is 4. The first kappa shape index (κ1) is 42.4. The van der Waals surface area contributed by atoms with E-state index in [1.807, 2.05) is 56.3 Å². The SMILES string of the molecule is COCC1CC(c2nc3c(ccc4cc5c(cc43)OCc3cc(-c4cnc(C6CCCN6C(=O)C(NC(=O)OC)C(C)C)[nH]4)ccc3-5)[nH]2)N(C(=O)C(NC(=O)OC)c2ccccc2)C1. The molecule has 2 saturated heterocycles. The Bertz CT molecular complexity index is 2730. The summed E-state index contributed by atoms with van der Waals surface area (Å²) in [6.07, 6.45) is 2.69. The minimum atomic E-state index is -0.954. The normalized spacial score (nSPS) is 18.9. The molecular formula is C48H52N8O8. The highest BCUT2D eigenvalue weighted by molar-refractivity contribution is 6.07. The van der Waals surface area contributed by atoms with Crippen molar-refractivity contribution in [1.29, 1.82) is 0 Å². The van der Waals surface area contributed by atoms with Gasteiger partial charge in [-0.05, 0) is 77.1 Å². The molecule has 0 saturated carbocycles. The Morgan fingerprint density at radius 2 is 1.66 bits per heavy atom. The third kappa shape index (κ3) is 7.97. The molecule has 4 aromatic carbocycles. The Morgan fingerprint density at radius 3 is 2.42 bits per heavy atom. The summed E-state index contributed by atoms with van der Waals surface area (Å²) in [7, 11) is 4.22. The number of alkyl carbamates (subject to hydrolysis) is 2. The van der Waals surface area contributed by atoms with Gasteiger partial charge in [0.15, 0.2) is 0 Å². The fraction of sp³-hybridized carbons (Fsp3) is 0.375. The summed E-state index contributed by atoms with van der Waals surface area (Å²) >= 11 is 0. The standard InChI is InChI=1S/C48H52N8O8/c1-26(2)40(53-47(59)62-4)45(57)55-17-9-12-37(55)43-49-22-36(51-43)30-13-15-32-31(19-30)25-64-39-21-33-29(20-34(32)39)14-16-35-42(33)52-44(50-35)38-18-27(24-61-3)23-56(38)46(58)41(54-48(60)63-5)28-10-7-6-8-11-28/h6-8,10-11,13-16,19-22,26-27,37-38,40-41H,9,12,17-18,23-25H2,1-5H3,(H,49,51)(H,50,52)(H,53,59)(H,54,60). The van der Waals surface area contributed by atoms with Crippen LogP contribution in [0, 0.1) is 11.8 Å². The summed E-state index contributed by atoms with van der Waals surface area (Å²) in [4.78, 5) is 73.1. The maximum atomic E-state index is 14.4. The van der Waals surface area contributed by atoms with Gasteiger partial charge in [0.25, 0.3) is 5.91 Å². The van der Waals surface area contributed by atoms with Crippen molar-refractivity contribution in [2.45, 2.75) is 63.9 Å². The number of rotatable bonds is 11. The molecule has 0 spiro atoms. The van der Waals surface area contributed by atoms with Gasteiger partial charge in [0.1, 0.15) is 36.1 Å². The van der Waals surface area contributed by atoms with Crippen LogP contribution in [0.1, 0.15) is 74.0 Å². The van der Waals surface area contributed by atoms with Gasteiger partial charge in [0.05, 0.1) is 55.8 Å². The van der Waals surface area contributed by atoms with Crippen molar-refractivity contribution in [3.8, 4) is 28.1 Å². The molecule has 16 heteroatoms. The summed E-state index contributed by atoms with van der Waals surface area (Å²) in [5.74, 6) is 1.62. The number of nitrogens with one attached hydrogen (secondary N) is 4. The number of hydrogen-bond acceptors (Lipinski definition) is 10. The fourth-order valence-electron chi connectivity index (χ4n) is 9.53. The molecule has 9 rings (SSSR count). The first-order chi connectivity index (χ1) is 31.0. The number of nitrogens with zero attached hydrogens (tertiary/aromatic N) is 4. The van der Waals surface area contributed by atoms with Crippen LogP contribution < -0.4 is 15.4 Å². The van der Waals surface area contributed by atoms with Gasteiger partial charge in [-0.25, -0.2) is 19.6 Å². The zero-order chi connectivity index (χ0) is 44.6. The Balaban J connectivity index is 0.977. The molecule has 2 aromatic heterocycles. The number of fused-ring (bicyclic) bond motifs is 6. The quantitative estimate of drug-likeness (QED) is 0.102. The molecule has 0 aliphatic carbocycles. The molecule has 0 bridgehead atoms. The average molecular weight is 869 g/mol. The average Bonchev–Trinajstić information content (AvgIpc) is 4.15. The van der Waals surface area contributed by atoms with Crippen LogP contribution in [-0.2, 0) is 30.4 Å². The van der Waals surface area contributed by atoms with Crippen molar-refractivity contribution < 1.29 is 38.1 Å². The molecule has 4 amide bonds. The first-order valence-electron chi connectivity index (χ1n) is 21.7. The van der Waals surface area contributed by atoms with Crippen LogP contribution in [0.2, 0.25) is 0 Å². The van der Waals surface area contributed by atoms with Gasteiger partial charge in [0, 0.05) is 37.1 Å². The number of carbonyl (C=O) groups excluding carboxylic acids is 4. The molecular weight excluding hydrogens is 817 g/mol. The Hall–Kier alpha value is -6.94. The van der Waals surface area contributed by atoms with Crippen molar-refractivity contribution >= 4 is 45.8 Å². The van der Waals surface area contributed by atoms with E-state index in [-0.39, 0.29) is 29.7 Å². The lowest BCUT2D eigenvalue weighted by Gasteiger charge is -2.30. The van der Waals surface area contributed by atoms with Crippen molar-refractivity contribution in [2.24, 2.45) is 11.8 Å². The molecule has 6 aromatic rings. The van der Waals surface area contributed by atoms with E-state index in [9.17, 15) is 19.2 Å². The molecule has 2 fully saturated rings. The van der Waals surface area contributed by atoms with Gasteiger partial charge in [-0.15, -0.1) is 0 Å². The van der Waals surface area contributed by atoms with Gasteiger partial charge < -0.3 is 49.3 Å². The van der Waals surface area contributed by atoms with Crippen molar-refractivity contribution in [3.63, 3.8) is 0 Å². The van der Waals surface area contributed by atoms with E-state index in [1.165, 1.54) is 14.2 Å². The topological polar surface area (TPSA) is 193 Å². The van der Waals surface area contributed by atoms with Crippen LogP contribution in [-0.4, -0.2) is 101 Å². The van der Waals surface area contributed by atoms with Crippen LogP contribution >= 0.6 is 0 Å². The van der Waals surface area contributed by atoms with E-state index in [0.29, 0.717) is 49.9 Å². The third-order valence-electron chi connectivity index (χ3n) is 12.7. The number of aromatic nitrogens is 4. The third-order valence-corrected chi connectivity index (χ3v) is 12.7. The van der Waals surface area contributed by atoms with Gasteiger partial charge in [-0.3, -0.25) is 9.59 Å². The smallest absolute Gasteiger partial charge is 0.407 e. The summed E-state index contributed by atoms with van der Waals surface area (Å²) in [5, 5.41) is 7.36. The number of amides is 4. The lowest BCUT2D eigenvalue weighted by molar-refractivity contribution is -0.136. The lowest BCUT2D eigenvalue weighted by Crippen LogP contribution is -2.51. The predicted molar refractivity (Wildman–Crippen MR) is 238 cm³/mol. The Morgan fingerprint density at radius 1 is 0.859 bits per heavy atom. The van der Waals surface area contributed by atoms with E-state index in [4.69, 9.17) is 28.9 Å². The molecule has 5 unspecified atom stereocenters. The van der Waals surface area contributed by atoms with Crippen LogP contribution in [0.15, 0.2) is 79.0 Å². The van der Waals surface area contributed by atoms with Gasteiger partial charge in [-0.1, -0.05) is 62.4 Å². The molecule has 332 valence electrons. The first-order valence-corrected chi connectivity index (χ1v) is 21.7. The lowest BCUT2D eigenvalue weighted by atomic mass is 9.92. The minimum Gasteiger partial charge on any atom is -0.488 e. The van der Waals surface area contributed by atoms with Crippen molar-refractivity contribution in [2.75, 3.05) is 41.0 Å². The van der Waals surface area contributed by atoms with Gasteiger partial charge in [0.2, 0.25) is 5.91 Å². The highest BCUT2D eigenvalue weighted by atomic mass is 16.5. The number of hydrogen-bond donors (Lipinski definition) is 4. The largest absolute Gasteiger partial charge is 0.488 e. The van der Waals surface area contributed by atoms with Crippen LogP contribution in [0.5, 0.6) is 5.75 Å². The zero-order valence-corrected chi connectivity index (χ0v) is 36.5. The molecule has 3 aliphatic rings. The van der Waals surface area contributed by atoms with E-state index < -0.39 is 30.3 Å². The fourth-order valence-corrected chi connectivity index (χ4v) is 9.53. The maximum Gasteiger partial charge on any atom is 0.407 e. The molecule has 0 radical (unpaired) electrons. The number of imidazole rings is 2. The summed E-state index contributed by atoms with van der Waals surface area (Å²) < 4.78 is 21.7. The Kier molecular flexibility index (Phi) is 11.7. The van der Waals surface area contributed by atoms with E-state index >= 15 is 0 Å². The number of H-pyrrole nitrogens is 2. The molecule has 3 aliphatic heterocycles. The molecule has 4 N–H and O–H groups in total. The highest BCUT2D eigenvalue weighted by Gasteiger charge is 2.42. The summed E-state index contributed by atoms with van der Waals surface area (Å²) in [6.45, 7) is 5.64. The highest BCUT2D eigenvalue weighted by Crippen LogP contribution is 2.44. The van der Waals surface area contributed by atoms with Crippen molar-refractivity contribution in [1.82, 2.24) is 40.4 Å². The number of methoxy groups -OCH3 is 3. The van der Waals surface area contributed by atoms with E-state index in [2.05, 4.69) is 50.9 Å². The molecule has 64 heavy (non-hydrogen) atoms. The Labute approximate surface area is 370 Å². The van der Waals surface area contributed by atoms with E-state index in [1.54, 1.807) is 23.1 Å². The number of likely N-dealkylation sites (tertiary alicyclic amines) is 2.